The Morgan fingerprint density at radius 1 is 1.44 bits per heavy atom. The largest absolute Gasteiger partial charge is 0.340 e. The molecule has 1 aliphatic heterocycles. The number of halogens is 1. The first-order chi connectivity index (χ1) is 8.49. The van der Waals surface area contributed by atoms with Crippen molar-refractivity contribution in [3.05, 3.63) is 34.1 Å². The van der Waals surface area contributed by atoms with Crippen molar-refractivity contribution in [2.24, 2.45) is 0 Å². The van der Waals surface area contributed by atoms with E-state index in [-0.39, 0.29) is 11.9 Å². The third-order valence-corrected chi connectivity index (χ3v) is 3.75. The minimum absolute atomic E-state index is 0.123. The summed E-state index contributed by atoms with van der Waals surface area (Å²) in [7, 11) is 0. The molecule has 2 rings (SSSR count). The van der Waals surface area contributed by atoms with Crippen LogP contribution in [0.3, 0.4) is 0 Å². The minimum atomic E-state index is 0.123. The van der Waals surface area contributed by atoms with E-state index in [1.165, 1.54) is 5.57 Å². The van der Waals surface area contributed by atoms with Gasteiger partial charge in [0, 0.05) is 29.8 Å². The Morgan fingerprint density at radius 2 is 2.17 bits per heavy atom. The lowest BCUT2D eigenvalue weighted by Gasteiger charge is -2.26. The van der Waals surface area contributed by atoms with Gasteiger partial charge in [-0.25, -0.2) is 0 Å². The van der Waals surface area contributed by atoms with Gasteiger partial charge in [-0.15, -0.1) is 0 Å². The fraction of sp³-hybridized carbons (Fsp3) is 0.500. The van der Waals surface area contributed by atoms with E-state index in [4.69, 9.17) is 0 Å². The van der Waals surface area contributed by atoms with Gasteiger partial charge in [-0.05, 0) is 49.2 Å². The Labute approximate surface area is 117 Å². The maximum absolute atomic E-state index is 12.5. The number of rotatable bonds is 2. The van der Waals surface area contributed by atoms with Crippen LogP contribution in [0.1, 0.15) is 43.7 Å². The maximum Gasteiger partial charge on any atom is 0.270 e. The van der Waals surface area contributed by atoms with Crippen molar-refractivity contribution in [3.8, 4) is 0 Å². The number of hydrogen-bond acceptors (Lipinski definition) is 1. The van der Waals surface area contributed by atoms with E-state index < -0.39 is 0 Å². The van der Waals surface area contributed by atoms with Crippen LogP contribution in [0.5, 0.6) is 0 Å². The average molecular weight is 311 g/mol. The van der Waals surface area contributed by atoms with Gasteiger partial charge in [-0.3, -0.25) is 4.79 Å². The van der Waals surface area contributed by atoms with Crippen LogP contribution in [0.15, 0.2) is 28.4 Å². The normalized spacial score (nSPS) is 16.1. The molecule has 1 aliphatic rings. The van der Waals surface area contributed by atoms with E-state index in [2.05, 4.69) is 42.8 Å². The molecular formula is C14H19BrN2O. The van der Waals surface area contributed by atoms with Crippen LogP contribution in [0, 0.1) is 0 Å². The molecule has 0 bridgehead atoms. The van der Waals surface area contributed by atoms with Crippen LogP contribution in [-0.4, -0.2) is 28.5 Å². The summed E-state index contributed by atoms with van der Waals surface area (Å²) in [5.41, 5.74) is 2.14. The third-order valence-electron chi connectivity index (χ3n) is 3.31. The molecule has 0 saturated carbocycles. The smallest absolute Gasteiger partial charge is 0.270 e. The highest BCUT2D eigenvalue weighted by molar-refractivity contribution is 9.10. The summed E-state index contributed by atoms with van der Waals surface area (Å²) in [5.74, 6) is 0.123. The molecule has 0 aromatic carbocycles. The molecule has 0 spiro atoms. The zero-order valence-corrected chi connectivity index (χ0v) is 12.7. The predicted octanol–water partition coefficient (Wildman–Crippen LogP) is 3.62. The maximum atomic E-state index is 12.5. The summed E-state index contributed by atoms with van der Waals surface area (Å²) in [6.45, 7) is 7.84. The molecule has 3 nitrogen and oxygen atoms in total. The first-order valence-electron chi connectivity index (χ1n) is 6.31. The summed E-state index contributed by atoms with van der Waals surface area (Å²) in [6, 6.07) is 2.20. The number of nitrogens with zero attached hydrogens (tertiary/aromatic N) is 2. The van der Waals surface area contributed by atoms with Crippen molar-refractivity contribution >= 4 is 21.8 Å². The van der Waals surface area contributed by atoms with E-state index in [1.54, 1.807) is 0 Å². The van der Waals surface area contributed by atoms with E-state index in [0.29, 0.717) is 0 Å². The molecule has 0 aliphatic carbocycles. The van der Waals surface area contributed by atoms with Gasteiger partial charge in [-0.2, -0.15) is 0 Å². The number of amides is 1. The first-order valence-corrected chi connectivity index (χ1v) is 7.10. The van der Waals surface area contributed by atoms with E-state index >= 15 is 0 Å². The molecule has 0 atom stereocenters. The Balaban J connectivity index is 2.24. The van der Waals surface area contributed by atoms with E-state index in [9.17, 15) is 4.79 Å². The van der Waals surface area contributed by atoms with Gasteiger partial charge in [-0.1, -0.05) is 11.6 Å². The standard InChI is InChI=1S/C14H19BrN2O/c1-10(2)17-9-12(15)8-13(17)14(18)16-6-4-11(3)5-7-16/h4,8-10H,5-7H2,1-3H3. The summed E-state index contributed by atoms with van der Waals surface area (Å²) >= 11 is 3.45. The Morgan fingerprint density at radius 3 is 2.72 bits per heavy atom. The van der Waals surface area contributed by atoms with E-state index in [0.717, 1.165) is 29.7 Å². The highest BCUT2D eigenvalue weighted by atomic mass is 79.9. The summed E-state index contributed by atoms with van der Waals surface area (Å²) in [6.07, 6.45) is 5.09. The van der Waals surface area contributed by atoms with Gasteiger partial charge < -0.3 is 9.47 Å². The van der Waals surface area contributed by atoms with Crippen LogP contribution in [0.2, 0.25) is 0 Å². The molecule has 0 unspecified atom stereocenters. The zero-order chi connectivity index (χ0) is 13.3. The van der Waals surface area contributed by atoms with Crippen molar-refractivity contribution in [3.63, 3.8) is 0 Å². The van der Waals surface area contributed by atoms with E-state index in [1.807, 2.05) is 21.7 Å². The second-order valence-corrected chi connectivity index (χ2v) is 6.01. The van der Waals surface area contributed by atoms with Crippen LogP contribution in [0.4, 0.5) is 0 Å². The van der Waals surface area contributed by atoms with Gasteiger partial charge in [0.1, 0.15) is 5.69 Å². The molecule has 18 heavy (non-hydrogen) atoms. The number of hydrogen-bond donors (Lipinski definition) is 0. The van der Waals surface area contributed by atoms with Gasteiger partial charge >= 0.3 is 0 Å². The molecule has 4 heteroatoms. The summed E-state index contributed by atoms with van der Waals surface area (Å²) < 4.78 is 2.99. The topological polar surface area (TPSA) is 25.2 Å². The average Bonchev–Trinajstić information content (AvgIpc) is 2.71. The van der Waals surface area contributed by atoms with Crippen LogP contribution < -0.4 is 0 Å². The summed E-state index contributed by atoms with van der Waals surface area (Å²) in [4.78, 5) is 14.4. The van der Waals surface area contributed by atoms with Crippen molar-refractivity contribution in [2.75, 3.05) is 13.1 Å². The fourth-order valence-electron chi connectivity index (χ4n) is 2.16. The molecule has 1 amide bonds. The lowest BCUT2D eigenvalue weighted by atomic mass is 10.1. The monoisotopic (exact) mass is 310 g/mol. The lowest BCUT2D eigenvalue weighted by molar-refractivity contribution is 0.0756. The first kappa shape index (κ1) is 13.4. The quantitative estimate of drug-likeness (QED) is 0.766. The van der Waals surface area contributed by atoms with Crippen molar-refractivity contribution in [2.45, 2.75) is 33.2 Å². The molecule has 0 radical (unpaired) electrons. The number of carbonyl (C=O) groups excluding carboxylic acids is 1. The molecule has 2 heterocycles. The molecule has 0 N–H and O–H groups in total. The van der Waals surface area contributed by atoms with Gasteiger partial charge in [0.05, 0.1) is 0 Å². The minimum Gasteiger partial charge on any atom is -0.340 e. The van der Waals surface area contributed by atoms with Crippen molar-refractivity contribution < 1.29 is 4.79 Å². The molecule has 98 valence electrons. The summed E-state index contributed by atoms with van der Waals surface area (Å²) in [5, 5.41) is 0. The molecular weight excluding hydrogens is 292 g/mol. The van der Waals surface area contributed by atoms with Gasteiger partial charge in [0.25, 0.3) is 5.91 Å². The fourth-order valence-corrected chi connectivity index (χ4v) is 2.60. The number of aromatic nitrogens is 1. The number of carbonyl (C=O) groups is 1. The second-order valence-electron chi connectivity index (χ2n) is 5.10. The Hall–Kier alpha value is -1.03. The predicted molar refractivity (Wildman–Crippen MR) is 76.8 cm³/mol. The van der Waals surface area contributed by atoms with Crippen LogP contribution >= 0.6 is 15.9 Å². The molecule has 0 saturated heterocycles. The van der Waals surface area contributed by atoms with Crippen LogP contribution in [0.25, 0.3) is 0 Å². The molecule has 0 fully saturated rings. The van der Waals surface area contributed by atoms with Crippen molar-refractivity contribution in [1.82, 2.24) is 9.47 Å². The SMILES string of the molecule is CC1=CCN(C(=O)c2cc(Br)cn2C(C)C)CC1. The molecule has 1 aromatic rings. The third kappa shape index (κ3) is 2.69. The molecule has 1 aromatic heterocycles. The highest BCUT2D eigenvalue weighted by Gasteiger charge is 2.21. The second kappa shape index (κ2) is 5.31. The Bertz CT molecular complexity index is 488. The highest BCUT2D eigenvalue weighted by Crippen LogP contribution is 2.22. The van der Waals surface area contributed by atoms with Crippen molar-refractivity contribution in [1.29, 1.82) is 0 Å². The zero-order valence-electron chi connectivity index (χ0n) is 11.1. The lowest BCUT2D eigenvalue weighted by Crippen LogP contribution is -2.35. The van der Waals surface area contributed by atoms with Gasteiger partial charge in [0.15, 0.2) is 0 Å². The van der Waals surface area contributed by atoms with Crippen LogP contribution in [-0.2, 0) is 0 Å². The Kier molecular flexibility index (Phi) is 3.95. The van der Waals surface area contributed by atoms with Gasteiger partial charge in [0.2, 0.25) is 0 Å².